The maximum Gasteiger partial charge on any atom is 0.401 e. The molecule has 1 N–H and O–H groups in total. The Morgan fingerprint density at radius 2 is 1.89 bits per heavy atom. The number of likely N-dealkylation sites (N-methyl/N-ethyl adjacent to an activating group) is 1. The van der Waals surface area contributed by atoms with Gasteiger partial charge in [-0.25, -0.2) is 0 Å². The molecule has 0 amide bonds. The highest BCUT2D eigenvalue weighted by molar-refractivity contribution is 4.90. The van der Waals surface area contributed by atoms with Gasteiger partial charge in [0.15, 0.2) is 0 Å². The zero-order chi connectivity index (χ0) is 14.5. The molecule has 0 aromatic heterocycles. The highest BCUT2D eigenvalue weighted by atomic mass is 19.4. The summed E-state index contributed by atoms with van der Waals surface area (Å²) in [5.41, 5.74) is 0. The number of halogens is 3. The number of nitrogens with zero attached hydrogens (tertiary/aromatic N) is 1. The van der Waals surface area contributed by atoms with Gasteiger partial charge in [-0.3, -0.25) is 4.90 Å². The summed E-state index contributed by atoms with van der Waals surface area (Å²) in [7, 11) is 0. The topological polar surface area (TPSA) is 15.3 Å². The molecule has 0 aliphatic heterocycles. The lowest BCUT2D eigenvalue weighted by molar-refractivity contribution is -0.153. The molecule has 1 saturated carbocycles. The number of rotatable bonds is 6. The van der Waals surface area contributed by atoms with Crippen LogP contribution in [0.25, 0.3) is 0 Å². The van der Waals surface area contributed by atoms with Gasteiger partial charge in [0.05, 0.1) is 6.54 Å². The van der Waals surface area contributed by atoms with Gasteiger partial charge >= 0.3 is 6.18 Å². The Hall–Kier alpha value is -0.290. The summed E-state index contributed by atoms with van der Waals surface area (Å²) in [6.45, 7) is 6.61. The summed E-state index contributed by atoms with van der Waals surface area (Å²) in [6, 6.07) is 0.223. The van der Waals surface area contributed by atoms with E-state index >= 15 is 0 Å². The van der Waals surface area contributed by atoms with Crippen molar-refractivity contribution in [1.82, 2.24) is 10.2 Å². The fourth-order valence-corrected chi connectivity index (χ4v) is 3.02. The molecule has 1 rings (SSSR count). The first-order valence-corrected chi connectivity index (χ1v) is 7.41. The van der Waals surface area contributed by atoms with Crippen LogP contribution in [0.1, 0.15) is 46.5 Å². The number of hydrogen-bond donors (Lipinski definition) is 1. The van der Waals surface area contributed by atoms with Crippen LogP contribution >= 0.6 is 0 Å². The van der Waals surface area contributed by atoms with Crippen LogP contribution in [0.15, 0.2) is 0 Å². The van der Waals surface area contributed by atoms with E-state index in [0.29, 0.717) is 12.5 Å². The standard InChI is InChI=1S/C14H27F3N2/c1-4-8-18-12-7-6-11(3)9-13(12)19(5-2)10-14(15,16)17/h11-13,18H,4-10H2,1-3H3. The van der Waals surface area contributed by atoms with E-state index in [1.807, 2.05) is 6.92 Å². The SMILES string of the molecule is CCCNC1CCC(C)CC1N(CC)CC(F)(F)F. The fraction of sp³-hybridized carbons (Fsp3) is 1.00. The number of hydrogen-bond acceptors (Lipinski definition) is 2. The minimum atomic E-state index is -4.11. The second kappa shape index (κ2) is 7.48. The first kappa shape index (κ1) is 16.8. The summed E-state index contributed by atoms with van der Waals surface area (Å²) in [4.78, 5) is 1.60. The van der Waals surface area contributed by atoms with E-state index in [1.54, 1.807) is 4.90 Å². The van der Waals surface area contributed by atoms with Gasteiger partial charge in [0, 0.05) is 12.1 Å². The number of alkyl halides is 3. The predicted octanol–water partition coefficient (Wildman–Crippen LogP) is 3.43. The minimum absolute atomic E-state index is 0.0157. The smallest absolute Gasteiger partial charge is 0.312 e. The molecule has 0 heterocycles. The molecule has 1 aliphatic rings. The molecule has 0 aromatic carbocycles. The van der Waals surface area contributed by atoms with Crippen molar-refractivity contribution < 1.29 is 13.2 Å². The van der Waals surface area contributed by atoms with E-state index in [0.717, 1.165) is 32.2 Å². The summed E-state index contributed by atoms with van der Waals surface area (Å²) in [5.74, 6) is 0.520. The molecule has 0 bridgehead atoms. The Kier molecular flexibility index (Phi) is 6.60. The second-order valence-electron chi connectivity index (χ2n) is 5.72. The fourth-order valence-electron chi connectivity index (χ4n) is 3.02. The molecule has 19 heavy (non-hydrogen) atoms. The molecule has 1 fully saturated rings. The van der Waals surface area contributed by atoms with E-state index in [1.165, 1.54) is 0 Å². The monoisotopic (exact) mass is 280 g/mol. The molecule has 2 nitrogen and oxygen atoms in total. The average Bonchev–Trinajstić information content (AvgIpc) is 2.33. The normalized spacial score (nSPS) is 28.9. The zero-order valence-corrected chi connectivity index (χ0v) is 12.3. The summed E-state index contributed by atoms with van der Waals surface area (Å²) in [6.07, 6.45) is -0.122. The molecule has 0 saturated heterocycles. The van der Waals surface area contributed by atoms with E-state index in [9.17, 15) is 13.2 Å². The average molecular weight is 280 g/mol. The maximum atomic E-state index is 12.7. The summed E-state index contributed by atoms with van der Waals surface area (Å²) >= 11 is 0. The Labute approximate surface area is 114 Å². The minimum Gasteiger partial charge on any atom is -0.312 e. The molecule has 5 heteroatoms. The van der Waals surface area contributed by atoms with Gasteiger partial charge in [0.2, 0.25) is 0 Å². The molecule has 1 aliphatic carbocycles. The zero-order valence-electron chi connectivity index (χ0n) is 12.3. The summed E-state index contributed by atoms with van der Waals surface area (Å²) in [5, 5.41) is 3.43. The first-order valence-electron chi connectivity index (χ1n) is 7.41. The van der Waals surface area contributed by atoms with Gasteiger partial charge in [0.1, 0.15) is 0 Å². The molecule has 0 aromatic rings. The second-order valence-corrected chi connectivity index (χ2v) is 5.72. The van der Waals surface area contributed by atoms with Crippen LogP contribution in [0, 0.1) is 5.92 Å². The van der Waals surface area contributed by atoms with Crippen molar-refractivity contribution in [2.24, 2.45) is 5.92 Å². The van der Waals surface area contributed by atoms with E-state index in [-0.39, 0.29) is 12.1 Å². The van der Waals surface area contributed by atoms with E-state index in [2.05, 4.69) is 19.2 Å². The van der Waals surface area contributed by atoms with Crippen molar-refractivity contribution in [1.29, 1.82) is 0 Å². The van der Waals surface area contributed by atoms with Gasteiger partial charge in [-0.1, -0.05) is 20.8 Å². The Morgan fingerprint density at radius 1 is 1.21 bits per heavy atom. The van der Waals surface area contributed by atoms with Crippen LogP contribution in [-0.2, 0) is 0 Å². The lowest BCUT2D eigenvalue weighted by Gasteiger charge is -2.42. The van der Waals surface area contributed by atoms with Crippen molar-refractivity contribution in [2.75, 3.05) is 19.6 Å². The Balaban J connectivity index is 2.69. The van der Waals surface area contributed by atoms with Gasteiger partial charge < -0.3 is 5.32 Å². The van der Waals surface area contributed by atoms with E-state index in [4.69, 9.17) is 0 Å². The third-order valence-electron chi connectivity index (χ3n) is 3.99. The Morgan fingerprint density at radius 3 is 2.42 bits per heavy atom. The van der Waals surface area contributed by atoms with Crippen molar-refractivity contribution in [3.63, 3.8) is 0 Å². The molecular formula is C14H27F3N2. The van der Waals surface area contributed by atoms with Crippen molar-refractivity contribution >= 4 is 0 Å². The van der Waals surface area contributed by atoms with Crippen LogP contribution in [0.4, 0.5) is 13.2 Å². The van der Waals surface area contributed by atoms with Gasteiger partial charge in [-0.05, 0) is 44.7 Å². The lowest BCUT2D eigenvalue weighted by atomic mass is 9.82. The molecule has 3 atom stereocenters. The van der Waals surface area contributed by atoms with Gasteiger partial charge in [-0.15, -0.1) is 0 Å². The van der Waals surface area contributed by atoms with Crippen LogP contribution in [0.3, 0.4) is 0 Å². The quantitative estimate of drug-likeness (QED) is 0.802. The van der Waals surface area contributed by atoms with Crippen molar-refractivity contribution in [3.8, 4) is 0 Å². The largest absolute Gasteiger partial charge is 0.401 e. The molecular weight excluding hydrogens is 253 g/mol. The first-order chi connectivity index (χ1) is 8.87. The third kappa shape index (κ3) is 5.69. The molecule has 3 unspecified atom stereocenters. The summed E-state index contributed by atoms with van der Waals surface area (Å²) < 4.78 is 38.0. The molecule has 0 spiro atoms. The predicted molar refractivity (Wildman–Crippen MR) is 72.2 cm³/mol. The maximum absolute atomic E-state index is 12.7. The van der Waals surface area contributed by atoms with Gasteiger partial charge in [-0.2, -0.15) is 13.2 Å². The van der Waals surface area contributed by atoms with Crippen LogP contribution in [0.2, 0.25) is 0 Å². The number of nitrogens with one attached hydrogen (secondary N) is 1. The van der Waals surface area contributed by atoms with Gasteiger partial charge in [0.25, 0.3) is 0 Å². The Bertz CT molecular complexity index is 254. The van der Waals surface area contributed by atoms with Crippen LogP contribution < -0.4 is 5.32 Å². The lowest BCUT2D eigenvalue weighted by Crippen LogP contribution is -2.55. The molecule has 0 radical (unpaired) electrons. The molecule has 114 valence electrons. The van der Waals surface area contributed by atoms with E-state index < -0.39 is 12.7 Å². The highest BCUT2D eigenvalue weighted by Gasteiger charge is 2.38. The van der Waals surface area contributed by atoms with Crippen LogP contribution in [-0.4, -0.2) is 42.8 Å². The van der Waals surface area contributed by atoms with Crippen molar-refractivity contribution in [3.05, 3.63) is 0 Å². The van der Waals surface area contributed by atoms with Crippen LogP contribution in [0.5, 0.6) is 0 Å². The van der Waals surface area contributed by atoms with Crippen molar-refractivity contribution in [2.45, 2.75) is 64.7 Å². The third-order valence-corrected chi connectivity index (χ3v) is 3.99. The highest BCUT2D eigenvalue weighted by Crippen LogP contribution is 2.29.